The van der Waals surface area contributed by atoms with Crippen LogP contribution in [0.15, 0.2) is 57.7 Å². The van der Waals surface area contributed by atoms with Crippen LogP contribution in [0.4, 0.5) is 8.78 Å². The largest absolute Gasteiger partial charge is 0.487 e. The average Bonchev–Trinajstić information content (AvgIpc) is 2.74. The topological polar surface area (TPSA) is 69.0 Å². The van der Waals surface area contributed by atoms with Crippen molar-refractivity contribution in [1.29, 1.82) is 0 Å². The summed E-state index contributed by atoms with van der Waals surface area (Å²) in [6.45, 7) is 0.741. The molecule has 1 amide bonds. The van der Waals surface area contributed by atoms with Crippen LogP contribution in [0.5, 0.6) is 11.5 Å². The maximum atomic E-state index is 13.7. The van der Waals surface area contributed by atoms with Gasteiger partial charge in [-0.05, 0) is 30.3 Å². The fourth-order valence-electron chi connectivity index (χ4n) is 3.34. The first-order valence-electron chi connectivity index (χ1n) is 9.54. The van der Waals surface area contributed by atoms with E-state index in [1.54, 1.807) is 29.2 Å². The fourth-order valence-corrected chi connectivity index (χ4v) is 3.34. The molecule has 0 atom stereocenters. The Balaban J connectivity index is 1.28. The van der Waals surface area contributed by atoms with E-state index in [9.17, 15) is 18.4 Å². The number of carbonyl (C=O) groups excluding carboxylic acids is 1. The summed E-state index contributed by atoms with van der Waals surface area (Å²) in [5.41, 5.74) is -0.0697. The van der Waals surface area contributed by atoms with Gasteiger partial charge in [-0.1, -0.05) is 0 Å². The highest BCUT2D eigenvalue weighted by molar-refractivity contribution is 5.79. The van der Waals surface area contributed by atoms with Gasteiger partial charge >= 0.3 is 5.63 Å². The van der Waals surface area contributed by atoms with Gasteiger partial charge in [0.2, 0.25) is 0 Å². The molecule has 1 saturated heterocycles. The van der Waals surface area contributed by atoms with Crippen LogP contribution in [0.3, 0.4) is 0 Å². The van der Waals surface area contributed by atoms with Crippen molar-refractivity contribution in [1.82, 2.24) is 4.90 Å². The van der Waals surface area contributed by atoms with E-state index in [4.69, 9.17) is 13.9 Å². The second-order valence-corrected chi connectivity index (χ2v) is 7.02. The van der Waals surface area contributed by atoms with E-state index in [0.717, 1.165) is 17.5 Å². The minimum absolute atomic E-state index is 0.00691. The number of benzene rings is 2. The Labute approximate surface area is 170 Å². The molecular weight excluding hydrogens is 396 g/mol. The maximum Gasteiger partial charge on any atom is 0.336 e. The number of rotatable bonds is 5. The highest BCUT2D eigenvalue weighted by Crippen LogP contribution is 2.23. The third kappa shape index (κ3) is 4.59. The molecule has 0 spiro atoms. The van der Waals surface area contributed by atoms with Crippen molar-refractivity contribution < 1.29 is 27.5 Å². The van der Waals surface area contributed by atoms with E-state index in [0.29, 0.717) is 37.3 Å². The maximum absolute atomic E-state index is 13.7. The summed E-state index contributed by atoms with van der Waals surface area (Å²) in [4.78, 5) is 25.4. The molecule has 2 heterocycles. The van der Waals surface area contributed by atoms with E-state index in [-0.39, 0.29) is 24.4 Å². The number of amides is 1. The number of hydrogen-bond donors (Lipinski definition) is 0. The quantitative estimate of drug-likeness (QED) is 0.597. The third-order valence-corrected chi connectivity index (χ3v) is 4.94. The molecular formula is C22H19F2NO5. The van der Waals surface area contributed by atoms with E-state index < -0.39 is 17.3 Å². The lowest BCUT2D eigenvalue weighted by Gasteiger charge is -2.32. The van der Waals surface area contributed by atoms with Crippen molar-refractivity contribution in [3.8, 4) is 11.5 Å². The monoisotopic (exact) mass is 415 g/mol. The first-order valence-corrected chi connectivity index (χ1v) is 9.54. The summed E-state index contributed by atoms with van der Waals surface area (Å²) in [6.07, 6.45) is 0.811. The molecule has 0 aliphatic carbocycles. The smallest absolute Gasteiger partial charge is 0.336 e. The molecule has 0 saturated carbocycles. The summed E-state index contributed by atoms with van der Waals surface area (Å²) < 4.78 is 43.0. The predicted molar refractivity (Wildman–Crippen MR) is 105 cm³/mol. The lowest BCUT2D eigenvalue weighted by molar-refractivity contribution is -0.135. The zero-order valence-corrected chi connectivity index (χ0v) is 16.0. The van der Waals surface area contributed by atoms with Gasteiger partial charge in [0.15, 0.2) is 18.2 Å². The van der Waals surface area contributed by atoms with Crippen molar-refractivity contribution in [2.75, 3.05) is 19.7 Å². The Morgan fingerprint density at radius 2 is 1.83 bits per heavy atom. The van der Waals surface area contributed by atoms with Gasteiger partial charge < -0.3 is 18.8 Å². The zero-order chi connectivity index (χ0) is 21.1. The molecule has 0 radical (unpaired) electrons. The molecule has 156 valence electrons. The van der Waals surface area contributed by atoms with Crippen LogP contribution in [0.2, 0.25) is 0 Å². The first-order chi connectivity index (χ1) is 14.5. The Hall–Kier alpha value is -3.42. The number of hydrogen-bond acceptors (Lipinski definition) is 5. The molecule has 1 aliphatic heterocycles. The number of carbonyl (C=O) groups is 1. The van der Waals surface area contributed by atoms with Gasteiger partial charge in [0, 0.05) is 49.5 Å². The molecule has 30 heavy (non-hydrogen) atoms. The van der Waals surface area contributed by atoms with Crippen molar-refractivity contribution in [2.24, 2.45) is 0 Å². The molecule has 3 aromatic rings. The van der Waals surface area contributed by atoms with Crippen LogP contribution in [-0.4, -0.2) is 36.6 Å². The van der Waals surface area contributed by atoms with Crippen molar-refractivity contribution in [2.45, 2.75) is 18.9 Å². The van der Waals surface area contributed by atoms with Crippen molar-refractivity contribution in [3.05, 3.63) is 70.6 Å². The zero-order valence-electron chi connectivity index (χ0n) is 16.0. The summed E-state index contributed by atoms with van der Waals surface area (Å²) in [7, 11) is 0. The Morgan fingerprint density at radius 3 is 2.60 bits per heavy atom. The number of nitrogens with zero attached hydrogens (tertiary/aromatic N) is 1. The number of likely N-dealkylation sites (tertiary alicyclic amines) is 1. The van der Waals surface area contributed by atoms with Crippen LogP contribution in [0, 0.1) is 11.6 Å². The van der Waals surface area contributed by atoms with Gasteiger partial charge in [-0.15, -0.1) is 0 Å². The highest BCUT2D eigenvalue weighted by Gasteiger charge is 2.25. The summed E-state index contributed by atoms with van der Waals surface area (Å²) in [5, 5.41) is 0.757. The van der Waals surface area contributed by atoms with Crippen molar-refractivity contribution >= 4 is 16.9 Å². The Bertz CT molecular complexity index is 1120. The van der Waals surface area contributed by atoms with Crippen LogP contribution in [-0.2, 0) is 4.79 Å². The molecule has 0 bridgehead atoms. The van der Waals surface area contributed by atoms with Gasteiger partial charge in [-0.3, -0.25) is 4.79 Å². The number of piperidine rings is 1. The predicted octanol–water partition coefficient (Wildman–Crippen LogP) is 3.52. The average molecular weight is 415 g/mol. The standard InChI is InChI=1S/C22H19F2NO5/c23-15-3-5-19(18(24)11-15)29-16-7-9-25(10-8-16)21(26)13-28-17-4-1-14-2-6-22(27)30-20(14)12-17/h1-6,11-12,16H,7-10,13H2. The van der Waals surface area contributed by atoms with E-state index in [1.165, 1.54) is 12.1 Å². The number of halogens is 2. The summed E-state index contributed by atoms with van der Waals surface area (Å²) in [5.74, 6) is -1.15. The van der Waals surface area contributed by atoms with Gasteiger partial charge in [0.1, 0.15) is 23.3 Å². The normalized spacial score (nSPS) is 14.7. The minimum atomic E-state index is -0.742. The second kappa shape index (κ2) is 8.52. The molecule has 8 heteroatoms. The molecule has 6 nitrogen and oxygen atoms in total. The van der Waals surface area contributed by atoms with Crippen LogP contribution >= 0.6 is 0 Å². The molecule has 1 aliphatic rings. The Kier molecular flexibility index (Phi) is 5.65. The molecule has 1 aromatic heterocycles. The number of ether oxygens (including phenoxy) is 2. The van der Waals surface area contributed by atoms with E-state index >= 15 is 0 Å². The summed E-state index contributed by atoms with van der Waals surface area (Å²) in [6, 6.07) is 11.2. The first kappa shape index (κ1) is 19.9. The third-order valence-electron chi connectivity index (χ3n) is 4.94. The summed E-state index contributed by atoms with van der Waals surface area (Å²) >= 11 is 0. The highest BCUT2D eigenvalue weighted by atomic mass is 19.1. The van der Waals surface area contributed by atoms with Gasteiger partial charge in [0.05, 0.1) is 0 Å². The Morgan fingerprint density at radius 1 is 1.07 bits per heavy atom. The second-order valence-electron chi connectivity index (χ2n) is 7.02. The number of fused-ring (bicyclic) bond motifs is 1. The molecule has 4 rings (SSSR count). The molecule has 2 aromatic carbocycles. The van der Waals surface area contributed by atoms with Gasteiger partial charge in [0.25, 0.3) is 5.91 Å². The van der Waals surface area contributed by atoms with Crippen molar-refractivity contribution in [3.63, 3.8) is 0 Å². The minimum Gasteiger partial charge on any atom is -0.487 e. The van der Waals surface area contributed by atoms with Gasteiger partial charge in [-0.2, -0.15) is 0 Å². The molecule has 0 unspecified atom stereocenters. The van der Waals surface area contributed by atoms with E-state index in [2.05, 4.69) is 0 Å². The van der Waals surface area contributed by atoms with Gasteiger partial charge in [-0.25, -0.2) is 13.6 Å². The van der Waals surface area contributed by atoms with E-state index in [1.807, 2.05) is 0 Å². The lowest BCUT2D eigenvalue weighted by atomic mass is 10.1. The van der Waals surface area contributed by atoms with Crippen LogP contribution in [0.1, 0.15) is 12.8 Å². The molecule has 1 fully saturated rings. The fraction of sp³-hybridized carbons (Fsp3) is 0.273. The molecule has 0 N–H and O–H groups in total. The van der Waals surface area contributed by atoms with Crippen LogP contribution < -0.4 is 15.1 Å². The van der Waals surface area contributed by atoms with Crippen LogP contribution in [0.25, 0.3) is 11.0 Å². The lowest BCUT2D eigenvalue weighted by Crippen LogP contribution is -2.43. The SMILES string of the molecule is O=C(COc1ccc2ccc(=O)oc2c1)N1CCC(Oc2ccc(F)cc2F)CC1.